The predicted octanol–water partition coefficient (Wildman–Crippen LogP) is 2.59. The number of amides is 3. The molecule has 1 fully saturated rings. The summed E-state index contributed by atoms with van der Waals surface area (Å²) in [5.41, 5.74) is 1.73. The Morgan fingerprint density at radius 1 is 1.25 bits per heavy atom. The summed E-state index contributed by atoms with van der Waals surface area (Å²) in [6, 6.07) is 14.0. The average molecular weight is 396 g/mol. The molecule has 2 N–H and O–H groups in total. The molecule has 9 heteroatoms. The van der Waals surface area contributed by atoms with Crippen molar-refractivity contribution in [2.75, 3.05) is 13.2 Å². The molecule has 0 aliphatic carbocycles. The zero-order valence-electron chi connectivity index (χ0n) is 14.6. The second kappa shape index (κ2) is 7.65. The van der Waals surface area contributed by atoms with E-state index < -0.39 is 23.9 Å². The third kappa shape index (κ3) is 3.65. The minimum absolute atomic E-state index is 0.0182. The van der Waals surface area contributed by atoms with Crippen molar-refractivity contribution < 1.29 is 19.1 Å². The highest BCUT2D eigenvalue weighted by molar-refractivity contribution is 7.13. The second-order valence-corrected chi connectivity index (χ2v) is 7.09. The van der Waals surface area contributed by atoms with E-state index in [2.05, 4.69) is 15.5 Å². The summed E-state index contributed by atoms with van der Waals surface area (Å²) in [6.07, 6.45) is -0.708. The Balaban J connectivity index is 1.54. The number of aromatic nitrogens is 2. The van der Waals surface area contributed by atoms with Crippen LogP contribution in [0.2, 0.25) is 0 Å². The van der Waals surface area contributed by atoms with E-state index in [0.717, 1.165) is 21.0 Å². The van der Waals surface area contributed by atoms with Gasteiger partial charge in [-0.25, -0.2) is 9.69 Å². The standard InChI is InChI=1S/C19H16N4O4S/c24-17-11-27-19(26)23(17)10-15(12-5-2-1-3-6-12)20-18(25)14-9-13(21-22-14)16-7-4-8-28-16/h1-9,15H,10-11H2,(H,20,25)(H,21,22). The molecular weight excluding hydrogens is 380 g/mol. The van der Waals surface area contributed by atoms with E-state index in [9.17, 15) is 14.4 Å². The number of hydrogen-bond donors (Lipinski definition) is 2. The highest BCUT2D eigenvalue weighted by Crippen LogP contribution is 2.23. The van der Waals surface area contributed by atoms with Gasteiger partial charge in [0.15, 0.2) is 12.3 Å². The van der Waals surface area contributed by atoms with Crippen LogP contribution < -0.4 is 5.32 Å². The summed E-state index contributed by atoms with van der Waals surface area (Å²) in [6.45, 7) is -0.298. The molecule has 0 bridgehead atoms. The lowest BCUT2D eigenvalue weighted by atomic mass is 10.1. The van der Waals surface area contributed by atoms with E-state index in [-0.39, 0.29) is 18.8 Å². The molecule has 2 aromatic heterocycles. The molecular formula is C19H16N4O4S. The molecule has 1 unspecified atom stereocenters. The van der Waals surface area contributed by atoms with Gasteiger partial charge in [-0.3, -0.25) is 14.7 Å². The van der Waals surface area contributed by atoms with Crippen LogP contribution in [-0.2, 0) is 9.53 Å². The van der Waals surface area contributed by atoms with Gasteiger partial charge in [0.2, 0.25) is 0 Å². The van der Waals surface area contributed by atoms with E-state index in [1.54, 1.807) is 6.07 Å². The Morgan fingerprint density at radius 3 is 2.75 bits per heavy atom. The lowest BCUT2D eigenvalue weighted by molar-refractivity contribution is -0.126. The van der Waals surface area contributed by atoms with Crippen LogP contribution in [0.15, 0.2) is 53.9 Å². The molecule has 28 heavy (non-hydrogen) atoms. The van der Waals surface area contributed by atoms with Gasteiger partial charge in [0.05, 0.1) is 23.2 Å². The monoisotopic (exact) mass is 396 g/mol. The summed E-state index contributed by atoms with van der Waals surface area (Å²) in [7, 11) is 0. The summed E-state index contributed by atoms with van der Waals surface area (Å²) in [5.74, 6) is -0.840. The van der Waals surface area contributed by atoms with Gasteiger partial charge < -0.3 is 10.1 Å². The number of imide groups is 1. The number of aromatic amines is 1. The van der Waals surface area contributed by atoms with Gasteiger partial charge in [-0.1, -0.05) is 36.4 Å². The first-order valence-electron chi connectivity index (χ1n) is 8.54. The lowest BCUT2D eigenvalue weighted by Crippen LogP contribution is -2.40. The first kappa shape index (κ1) is 17.9. The predicted molar refractivity (Wildman–Crippen MR) is 102 cm³/mol. The molecule has 0 spiro atoms. The molecule has 0 saturated carbocycles. The van der Waals surface area contributed by atoms with Gasteiger partial charge in [0.25, 0.3) is 11.8 Å². The largest absolute Gasteiger partial charge is 0.439 e. The average Bonchev–Trinajstić information content (AvgIpc) is 3.45. The number of benzene rings is 1. The number of cyclic esters (lactones) is 1. The van der Waals surface area contributed by atoms with Crippen LogP contribution in [0.5, 0.6) is 0 Å². The van der Waals surface area contributed by atoms with Crippen LogP contribution in [-0.4, -0.2) is 46.2 Å². The zero-order valence-corrected chi connectivity index (χ0v) is 15.4. The van der Waals surface area contributed by atoms with Crippen molar-refractivity contribution in [3.05, 3.63) is 65.2 Å². The van der Waals surface area contributed by atoms with Crippen molar-refractivity contribution in [3.63, 3.8) is 0 Å². The maximum Gasteiger partial charge on any atom is 0.417 e. The molecule has 0 radical (unpaired) electrons. The maximum absolute atomic E-state index is 12.7. The number of ether oxygens (including phenoxy) is 1. The van der Waals surface area contributed by atoms with Gasteiger partial charge in [-0.2, -0.15) is 5.10 Å². The maximum atomic E-state index is 12.7. The van der Waals surface area contributed by atoms with Crippen molar-refractivity contribution in [2.45, 2.75) is 6.04 Å². The third-order valence-electron chi connectivity index (χ3n) is 4.31. The van der Waals surface area contributed by atoms with Crippen molar-refractivity contribution >= 4 is 29.2 Å². The Labute approximate surface area is 164 Å². The molecule has 1 saturated heterocycles. The number of rotatable bonds is 6. The number of nitrogens with zero attached hydrogens (tertiary/aromatic N) is 2. The van der Waals surface area contributed by atoms with E-state index in [1.807, 2.05) is 47.8 Å². The van der Waals surface area contributed by atoms with E-state index in [1.165, 1.54) is 11.3 Å². The first-order chi connectivity index (χ1) is 13.6. The summed E-state index contributed by atoms with van der Waals surface area (Å²) < 4.78 is 4.76. The second-order valence-electron chi connectivity index (χ2n) is 6.14. The molecule has 142 valence electrons. The van der Waals surface area contributed by atoms with Crippen molar-refractivity contribution in [2.24, 2.45) is 0 Å². The van der Waals surface area contributed by atoms with E-state index in [4.69, 9.17) is 4.74 Å². The van der Waals surface area contributed by atoms with E-state index >= 15 is 0 Å². The Hall–Kier alpha value is -3.46. The zero-order chi connectivity index (χ0) is 19.5. The molecule has 3 aromatic rings. The molecule has 4 rings (SSSR count). The SMILES string of the molecule is O=C(NC(CN1C(=O)COC1=O)c1ccccc1)c1cc(-c2cccs2)[nH]n1. The fourth-order valence-electron chi connectivity index (χ4n) is 2.89. The quantitative estimate of drug-likeness (QED) is 0.666. The van der Waals surface area contributed by atoms with Crippen LogP contribution in [0.25, 0.3) is 10.6 Å². The molecule has 3 heterocycles. The van der Waals surface area contributed by atoms with Crippen molar-refractivity contribution in [3.8, 4) is 10.6 Å². The minimum atomic E-state index is -0.708. The van der Waals surface area contributed by atoms with Crippen LogP contribution in [0, 0.1) is 0 Å². The van der Waals surface area contributed by atoms with Gasteiger partial charge >= 0.3 is 6.09 Å². The summed E-state index contributed by atoms with van der Waals surface area (Å²) >= 11 is 1.54. The van der Waals surface area contributed by atoms with E-state index in [0.29, 0.717) is 0 Å². The van der Waals surface area contributed by atoms with Crippen molar-refractivity contribution in [1.29, 1.82) is 0 Å². The summed E-state index contributed by atoms with van der Waals surface area (Å²) in [4.78, 5) is 38.4. The smallest absolute Gasteiger partial charge is 0.417 e. The Kier molecular flexibility index (Phi) is 4.90. The number of H-pyrrole nitrogens is 1. The van der Waals surface area contributed by atoms with Crippen LogP contribution >= 0.6 is 11.3 Å². The number of nitrogens with one attached hydrogen (secondary N) is 2. The first-order valence-corrected chi connectivity index (χ1v) is 9.42. The topological polar surface area (TPSA) is 104 Å². The summed E-state index contributed by atoms with van der Waals surface area (Å²) in [5, 5.41) is 11.7. The van der Waals surface area contributed by atoms with Crippen LogP contribution in [0.1, 0.15) is 22.1 Å². The molecule has 3 amide bonds. The van der Waals surface area contributed by atoms with Crippen LogP contribution in [0.3, 0.4) is 0 Å². The molecule has 1 aliphatic rings. The fourth-order valence-corrected chi connectivity index (χ4v) is 3.58. The van der Waals surface area contributed by atoms with Crippen molar-refractivity contribution in [1.82, 2.24) is 20.4 Å². The van der Waals surface area contributed by atoms with Gasteiger partial charge in [-0.05, 0) is 23.1 Å². The fraction of sp³-hybridized carbons (Fsp3) is 0.158. The number of thiophene rings is 1. The number of hydrogen-bond acceptors (Lipinski definition) is 6. The minimum Gasteiger partial charge on any atom is -0.439 e. The number of carbonyl (C=O) groups excluding carboxylic acids is 3. The van der Waals surface area contributed by atoms with Gasteiger partial charge in [-0.15, -0.1) is 11.3 Å². The highest BCUT2D eigenvalue weighted by Gasteiger charge is 2.34. The molecule has 1 aromatic carbocycles. The molecule has 1 atom stereocenters. The van der Waals surface area contributed by atoms with Crippen LogP contribution in [0.4, 0.5) is 4.79 Å². The Bertz CT molecular complexity index is 984. The lowest BCUT2D eigenvalue weighted by Gasteiger charge is -2.22. The third-order valence-corrected chi connectivity index (χ3v) is 5.21. The number of carbonyl (C=O) groups is 3. The highest BCUT2D eigenvalue weighted by atomic mass is 32.1. The van der Waals surface area contributed by atoms with Gasteiger partial charge in [0, 0.05) is 0 Å². The van der Waals surface area contributed by atoms with Gasteiger partial charge in [0.1, 0.15) is 0 Å². The normalized spacial score (nSPS) is 14.8. The molecule has 8 nitrogen and oxygen atoms in total. The Morgan fingerprint density at radius 2 is 2.07 bits per heavy atom. The molecule has 1 aliphatic heterocycles.